The first-order valence-electron chi connectivity index (χ1n) is 5.37. The summed E-state index contributed by atoms with van der Waals surface area (Å²) in [5.41, 5.74) is 0.418. The Morgan fingerprint density at radius 3 is 2.50 bits per heavy atom. The third-order valence-electron chi connectivity index (χ3n) is 2.51. The van der Waals surface area contributed by atoms with Gasteiger partial charge in [0.15, 0.2) is 11.5 Å². The van der Waals surface area contributed by atoms with Crippen LogP contribution in [0.4, 0.5) is 0 Å². The molecule has 0 amide bonds. The molecule has 0 spiro atoms. The van der Waals surface area contributed by atoms with E-state index in [1.807, 2.05) is 0 Å². The number of methoxy groups -OCH3 is 2. The van der Waals surface area contributed by atoms with Crippen LogP contribution in [0.25, 0.3) is 0 Å². The number of aliphatic hydroxyl groups is 1. The van der Waals surface area contributed by atoms with Gasteiger partial charge in [0.2, 0.25) is 0 Å². The van der Waals surface area contributed by atoms with Crippen LogP contribution in [0, 0.1) is 0 Å². The van der Waals surface area contributed by atoms with Crippen molar-refractivity contribution in [1.82, 2.24) is 5.32 Å². The first-order chi connectivity index (χ1) is 8.54. The second-order valence-electron chi connectivity index (χ2n) is 3.68. The highest BCUT2D eigenvalue weighted by molar-refractivity contribution is 5.92. The number of aromatic carboxylic acids is 1. The molecule has 0 radical (unpaired) electrons. The molecule has 100 valence electrons. The van der Waals surface area contributed by atoms with Crippen molar-refractivity contribution in [1.29, 1.82) is 0 Å². The molecule has 0 aliphatic carbocycles. The number of carbonyl (C=O) groups is 1. The van der Waals surface area contributed by atoms with E-state index in [4.69, 9.17) is 14.6 Å². The Morgan fingerprint density at radius 2 is 2.06 bits per heavy atom. The van der Waals surface area contributed by atoms with Crippen molar-refractivity contribution in [2.24, 2.45) is 0 Å². The summed E-state index contributed by atoms with van der Waals surface area (Å²) in [4.78, 5) is 11.1. The summed E-state index contributed by atoms with van der Waals surface area (Å²) in [6, 6.07) is 2.94. The fraction of sp³-hybridized carbons (Fsp3) is 0.417. The maximum Gasteiger partial charge on any atom is 0.339 e. The number of hydrogen-bond donors (Lipinski definition) is 3. The largest absolute Gasteiger partial charge is 0.493 e. The minimum atomic E-state index is -1.14. The van der Waals surface area contributed by atoms with Gasteiger partial charge in [0.25, 0.3) is 0 Å². The molecule has 18 heavy (non-hydrogen) atoms. The van der Waals surface area contributed by atoms with Gasteiger partial charge in [0, 0.05) is 6.54 Å². The number of hydrogen-bond acceptors (Lipinski definition) is 5. The Labute approximate surface area is 105 Å². The highest BCUT2D eigenvalue weighted by Gasteiger charge is 2.20. The van der Waals surface area contributed by atoms with Crippen molar-refractivity contribution in [3.63, 3.8) is 0 Å². The first-order valence-corrected chi connectivity index (χ1v) is 5.37. The first kappa shape index (κ1) is 14.3. The second-order valence-corrected chi connectivity index (χ2v) is 3.68. The molecule has 0 heterocycles. The Balaban J connectivity index is 3.31. The summed E-state index contributed by atoms with van der Waals surface area (Å²) in [5.74, 6) is -0.711. The van der Waals surface area contributed by atoms with E-state index in [9.17, 15) is 9.90 Å². The Hall–Kier alpha value is -1.79. The summed E-state index contributed by atoms with van der Waals surface area (Å²) in [6.07, 6.45) is -0.812. The molecular formula is C12H17NO5. The quantitative estimate of drug-likeness (QED) is 0.692. The van der Waals surface area contributed by atoms with Gasteiger partial charge in [-0.3, -0.25) is 0 Å². The molecule has 0 aliphatic heterocycles. The standard InChI is InChI=1S/C12H17NO5/c1-13-6-9(14)7-4-8(12(15)16)11(18-3)10(5-7)17-2/h4-5,9,13-14H,6H2,1-3H3,(H,15,16). The van der Waals surface area contributed by atoms with E-state index in [2.05, 4.69) is 5.32 Å². The number of carboxylic acid groups (broad SMARTS) is 1. The fourth-order valence-corrected chi connectivity index (χ4v) is 1.65. The van der Waals surface area contributed by atoms with Gasteiger partial charge in [-0.25, -0.2) is 4.79 Å². The predicted octanol–water partition coefficient (Wildman–Crippen LogP) is 0.655. The van der Waals surface area contributed by atoms with Gasteiger partial charge in [0.05, 0.1) is 20.3 Å². The molecule has 6 nitrogen and oxygen atoms in total. The molecule has 6 heteroatoms. The molecule has 3 N–H and O–H groups in total. The Morgan fingerprint density at radius 1 is 1.39 bits per heavy atom. The predicted molar refractivity (Wildman–Crippen MR) is 65.4 cm³/mol. The van der Waals surface area contributed by atoms with Crippen molar-refractivity contribution < 1.29 is 24.5 Å². The molecule has 1 atom stereocenters. The number of carboxylic acids is 1. The van der Waals surface area contributed by atoms with Crippen molar-refractivity contribution in [3.8, 4) is 11.5 Å². The monoisotopic (exact) mass is 255 g/mol. The maximum absolute atomic E-state index is 11.1. The SMILES string of the molecule is CNCC(O)c1cc(OC)c(OC)c(C(=O)O)c1. The highest BCUT2D eigenvalue weighted by Crippen LogP contribution is 2.34. The molecule has 0 saturated heterocycles. The summed E-state index contributed by atoms with van der Waals surface area (Å²) in [6.45, 7) is 0.314. The van der Waals surface area contributed by atoms with Crippen LogP contribution in [-0.4, -0.2) is 44.0 Å². The van der Waals surface area contributed by atoms with E-state index in [1.165, 1.54) is 20.3 Å². The smallest absolute Gasteiger partial charge is 0.339 e. The Bertz CT molecular complexity index is 433. The van der Waals surface area contributed by atoms with Gasteiger partial charge in [0.1, 0.15) is 5.56 Å². The van der Waals surface area contributed by atoms with Gasteiger partial charge in [-0.05, 0) is 24.7 Å². The molecule has 0 aliphatic rings. The van der Waals surface area contributed by atoms with Crippen LogP contribution in [0.3, 0.4) is 0 Å². The van der Waals surface area contributed by atoms with Gasteiger partial charge < -0.3 is 25.0 Å². The minimum Gasteiger partial charge on any atom is -0.493 e. The van der Waals surface area contributed by atoms with E-state index in [1.54, 1.807) is 13.1 Å². The van der Waals surface area contributed by atoms with Crippen LogP contribution < -0.4 is 14.8 Å². The highest BCUT2D eigenvalue weighted by atomic mass is 16.5. The molecule has 1 unspecified atom stereocenters. The molecular weight excluding hydrogens is 238 g/mol. The van der Waals surface area contributed by atoms with Crippen LogP contribution in [0.1, 0.15) is 22.0 Å². The average Bonchev–Trinajstić information content (AvgIpc) is 2.37. The average molecular weight is 255 g/mol. The minimum absolute atomic E-state index is 0.0398. The zero-order chi connectivity index (χ0) is 13.7. The third kappa shape index (κ3) is 2.91. The van der Waals surface area contributed by atoms with E-state index >= 15 is 0 Å². The molecule has 1 aromatic carbocycles. The van der Waals surface area contributed by atoms with Crippen LogP contribution in [0.2, 0.25) is 0 Å². The van der Waals surface area contributed by atoms with E-state index in [0.29, 0.717) is 12.1 Å². The number of nitrogens with one attached hydrogen (secondary N) is 1. The second kappa shape index (κ2) is 6.23. The third-order valence-corrected chi connectivity index (χ3v) is 2.51. The van der Waals surface area contributed by atoms with Crippen molar-refractivity contribution in [2.75, 3.05) is 27.8 Å². The summed E-state index contributed by atoms with van der Waals surface area (Å²) < 4.78 is 10.1. The molecule has 1 aromatic rings. The van der Waals surface area contributed by atoms with Crippen LogP contribution in [0.5, 0.6) is 11.5 Å². The normalized spacial score (nSPS) is 12.0. The van der Waals surface area contributed by atoms with Crippen molar-refractivity contribution in [2.45, 2.75) is 6.10 Å². The van der Waals surface area contributed by atoms with Gasteiger partial charge in [-0.2, -0.15) is 0 Å². The molecule has 0 aromatic heterocycles. The number of rotatable bonds is 6. The van der Waals surface area contributed by atoms with Crippen LogP contribution >= 0.6 is 0 Å². The lowest BCUT2D eigenvalue weighted by Gasteiger charge is -2.16. The van der Waals surface area contributed by atoms with Crippen molar-refractivity contribution in [3.05, 3.63) is 23.3 Å². The van der Waals surface area contributed by atoms with Gasteiger partial charge in [-0.1, -0.05) is 0 Å². The molecule has 0 fully saturated rings. The molecule has 0 saturated carbocycles. The van der Waals surface area contributed by atoms with Gasteiger partial charge in [-0.15, -0.1) is 0 Å². The van der Waals surface area contributed by atoms with Crippen molar-refractivity contribution >= 4 is 5.97 Å². The summed E-state index contributed by atoms with van der Waals surface area (Å²) >= 11 is 0. The molecule has 0 bridgehead atoms. The van der Waals surface area contributed by atoms with Crippen LogP contribution in [-0.2, 0) is 0 Å². The zero-order valence-electron chi connectivity index (χ0n) is 10.6. The molecule has 1 rings (SSSR count). The lowest BCUT2D eigenvalue weighted by molar-refractivity contribution is 0.0692. The Kier molecular flexibility index (Phi) is 4.94. The summed E-state index contributed by atoms with van der Waals surface area (Å²) in [5, 5.41) is 21.8. The lowest BCUT2D eigenvalue weighted by atomic mass is 10.0. The number of benzene rings is 1. The zero-order valence-corrected chi connectivity index (χ0v) is 10.6. The maximum atomic E-state index is 11.1. The number of aliphatic hydroxyl groups excluding tert-OH is 1. The fourth-order valence-electron chi connectivity index (χ4n) is 1.65. The van der Waals surface area contributed by atoms with E-state index in [-0.39, 0.29) is 17.1 Å². The number of likely N-dealkylation sites (N-methyl/N-ethyl adjacent to an activating group) is 1. The van der Waals surface area contributed by atoms with Gasteiger partial charge >= 0.3 is 5.97 Å². The topological polar surface area (TPSA) is 88.0 Å². The van der Waals surface area contributed by atoms with Crippen LogP contribution in [0.15, 0.2) is 12.1 Å². The number of ether oxygens (including phenoxy) is 2. The van der Waals surface area contributed by atoms with E-state index < -0.39 is 12.1 Å². The lowest BCUT2D eigenvalue weighted by Crippen LogP contribution is -2.17. The van der Waals surface area contributed by atoms with E-state index in [0.717, 1.165) is 0 Å². The summed E-state index contributed by atoms with van der Waals surface area (Å²) in [7, 11) is 4.48.